The van der Waals surface area contributed by atoms with Gasteiger partial charge in [-0.25, -0.2) is 0 Å². The van der Waals surface area contributed by atoms with Crippen molar-refractivity contribution in [1.82, 2.24) is 0 Å². The molecule has 2 aromatic carbocycles. The van der Waals surface area contributed by atoms with E-state index in [9.17, 15) is 10.2 Å². The number of hydrogen-bond acceptors (Lipinski definition) is 5. The Morgan fingerprint density at radius 2 is 1.05 bits per heavy atom. The van der Waals surface area contributed by atoms with Crippen LogP contribution in [-0.2, 0) is 17.6 Å². The van der Waals surface area contributed by atoms with Gasteiger partial charge in [0.15, 0.2) is 0 Å². The fourth-order valence-electron chi connectivity index (χ4n) is 5.36. The van der Waals surface area contributed by atoms with Crippen molar-refractivity contribution in [3.05, 3.63) is 59.7 Å². The summed E-state index contributed by atoms with van der Waals surface area (Å²) in [5, 5.41) is 21.3. The maximum Gasteiger partial charge on any atom is 0.119 e. The first kappa shape index (κ1) is 32.4. The van der Waals surface area contributed by atoms with Gasteiger partial charge in [0.05, 0.1) is 37.6 Å². The number of aliphatic hydroxyl groups excluding tert-OH is 2. The zero-order valence-electron chi connectivity index (χ0n) is 25.1. The molecule has 3 rings (SSSR count). The van der Waals surface area contributed by atoms with Gasteiger partial charge in [-0.05, 0) is 112 Å². The molecule has 5 heteroatoms. The summed E-state index contributed by atoms with van der Waals surface area (Å²) in [7, 11) is 0. The maximum atomic E-state index is 10.6. The second kappa shape index (κ2) is 19.1. The summed E-state index contributed by atoms with van der Waals surface area (Å²) in [6.45, 7) is 5.79. The molecule has 40 heavy (non-hydrogen) atoms. The molecule has 4 atom stereocenters. The van der Waals surface area contributed by atoms with E-state index in [1.165, 1.54) is 36.8 Å². The minimum atomic E-state index is -0.479. The fraction of sp³-hybridized carbons (Fsp3) is 0.657. The second-order valence-corrected chi connectivity index (χ2v) is 11.5. The van der Waals surface area contributed by atoms with Crippen LogP contribution in [0.4, 0.5) is 0 Å². The molecule has 0 saturated carbocycles. The standard InChI is InChI=1S/C35H54O5/c1-3-5-12-28-16-20-30(21-17-28)38-26-10-7-8-14-32(36)34-24-25-35(40-34)33(37)15-9-11-27-39-31-22-18-29(19-23-31)13-6-4-2/h16-23,32-37H,3-15,24-27H2,1-2H3/t32-,33-,34+,35-/m1/s1. The Balaban J connectivity index is 1.19. The highest BCUT2D eigenvalue weighted by atomic mass is 16.5. The molecule has 1 saturated heterocycles. The molecular formula is C35H54O5. The van der Waals surface area contributed by atoms with E-state index in [1.54, 1.807) is 0 Å². The van der Waals surface area contributed by atoms with Crippen LogP contribution in [0.25, 0.3) is 0 Å². The Hall–Kier alpha value is -2.08. The Kier molecular flexibility index (Phi) is 15.5. The summed E-state index contributed by atoms with van der Waals surface area (Å²) in [5.41, 5.74) is 2.73. The summed E-state index contributed by atoms with van der Waals surface area (Å²) in [5.74, 6) is 1.85. The zero-order valence-corrected chi connectivity index (χ0v) is 25.1. The average molecular weight is 555 g/mol. The van der Waals surface area contributed by atoms with E-state index in [2.05, 4.69) is 62.4 Å². The largest absolute Gasteiger partial charge is 0.494 e. The molecule has 1 aliphatic heterocycles. The molecule has 0 amide bonds. The quantitative estimate of drug-likeness (QED) is 0.154. The minimum Gasteiger partial charge on any atom is -0.494 e. The van der Waals surface area contributed by atoms with Crippen LogP contribution in [0.3, 0.4) is 0 Å². The number of rotatable bonds is 21. The lowest BCUT2D eigenvalue weighted by molar-refractivity contribution is -0.0786. The number of ether oxygens (including phenoxy) is 3. The summed E-state index contributed by atoms with van der Waals surface area (Å²) in [6.07, 6.45) is 13.7. The van der Waals surface area contributed by atoms with Crippen molar-refractivity contribution in [2.75, 3.05) is 13.2 Å². The lowest BCUT2D eigenvalue weighted by Gasteiger charge is -2.22. The Morgan fingerprint density at radius 1 is 0.625 bits per heavy atom. The van der Waals surface area contributed by atoms with Gasteiger partial charge in [-0.3, -0.25) is 0 Å². The molecule has 0 unspecified atom stereocenters. The second-order valence-electron chi connectivity index (χ2n) is 11.5. The molecule has 2 aromatic rings. The van der Waals surface area contributed by atoms with Crippen molar-refractivity contribution in [1.29, 1.82) is 0 Å². The van der Waals surface area contributed by atoms with Crippen LogP contribution in [0.2, 0.25) is 0 Å². The summed E-state index contributed by atoms with van der Waals surface area (Å²) >= 11 is 0. The normalized spacial score (nSPS) is 18.5. The highest BCUT2D eigenvalue weighted by Gasteiger charge is 2.34. The van der Waals surface area contributed by atoms with Gasteiger partial charge >= 0.3 is 0 Å². The van der Waals surface area contributed by atoms with Crippen molar-refractivity contribution in [3.8, 4) is 11.5 Å². The molecule has 5 nitrogen and oxygen atoms in total. The van der Waals surface area contributed by atoms with Crippen LogP contribution in [0, 0.1) is 0 Å². The average Bonchev–Trinajstić information content (AvgIpc) is 3.48. The first-order chi connectivity index (χ1) is 19.6. The number of benzene rings is 2. The molecule has 0 spiro atoms. The van der Waals surface area contributed by atoms with Gasteiger partial charge in [0.2, 0.25) is 0 Å². The third kappa shape index (κ3) is 12.2. The van der Waals surface area contributed by atoms with E-state index in [0.29, 0.717) is 19.6 Å². The summed E-state index contributed by atoms with van der Waals surface area (Å²) < 4.78 is 17.8. The summed E-state index contributed by atoms with van der Waals surface area (Å²) in [4.78, 5) is 0. The molecule has 1 aliphatic rings. The lowest BCUT2D eigenvalue weighted by Crippen LogP contribution is -2.31. The van der Waals surface area contributed by atoms with Crippen LogP contribution in [0.1, 0.15) is 108 Å². The molecule has 1 heterocycles. The fourth-order valence-corrected chi connectivity index (χ4v) is 5.36. The van der Waals surface area contributed by atoms with Crippen molar-refractivity contribution < 1.29 is 24.4 Å². The van der Waals surface area contributed by atoms with Crippen molar-refractivity contribution in [2.24, 2.45) is 0 Å². The molecule has 1 fully saturated rings. The van der Waals surface area contributed by atoms with Gasteiger partial charge < -0.3 is 24.4 Å². The summed E-state index contributed by atoms with van der Waals surface area (Å²) in [6, 6.07) is 16.9. The molecule has 224 valence electrons. The number of aryl methyl sites for hydroxylation is 2. The first-order valence-electron chi connectivity index (χ1n) is 16.0. The van der Waals surface area contributed by atoms with Crippen LogP contribution >= 0.6 is 0 Å². The monoisotopic (exact) mass is 554 g/mol. The van der Waals surface area contributed by atoms with Crippen LogP contribution in [0.15, 0.2) is 48.5 Å². The van der Waals surface area contributed by atoms with E-state index in [-0.39, 0.29) is 12.2 Å². The molecule has 0 bridgehead atoms. The predicted octanol–water partition coefficient (Wildman–Crippen LogP) is 7.83. The van der Waals surface area contributed by atoms with E-state index >= 15 is 0 Å². The van der Waals surface area contributed by atoms with E-state index in [4.69, 9.17) is 14.2 Å². The minimum absolute atomic E-state index is 0.161. The van der Waals surface area contributed by atoms with Crippen molar-refractivity contribution in [3.63, 3.8) is 0 Å². The van der Waals surface area contributed by atoms with E-state index in [0.717, 1.165) is 75.7 Å². The number of unbranched alkanes of at least 4 members (excludes halogenated alkanes) is 5. The molecule has 0 aromatic heterocycles. The molecular weight excluding hydrogens is 500 g/mol. The Labute approximate surface area is 243 Å². The molecule has 0 radical (unpaired) electrons. The predicted molar refractivity (Wildman–Crippen MR) is 163 cm³/mol. The van der Waals surface area contributed by atoms with Crippen molar-refractivity contribution >= 4 is 0 Å². The van der Waals surface area contributed by atoms with Gasteiger partial charge in [0.1, 0.15) is 11.5 Å². The van der Waals surface area contributed by atoms with E-state index in [1.807, 2.05) is 0 Å². The van der Waals surface area contributed by atoms with Gasteiger partial charge in [-0.1, -0.05) is 57.4 Å². The SMILES string of the molecule is CCCCc1ccc(OCCCCC[C@@H](O)[C@@H]2CC[C@H]([C@H](O)CCCCOc3ccc(CCCC)cc3)O2)cc1. The van der Waals surface area contributed by atoms with Crippen LogP contribution < -0.4 is 9.47 Å². The van der Waals surface area contributed by atoms with Gasteiger partial charge in [-0.15, -0.1) is 0 Å². The molecule has 2 N–H and O–H groups in total. The van der Waals surface area contributed by atoms with Crippen LogP contribution in [-0.4, -0.2) is 47.8 Å². The van der Waals surface area contributed by atoms with Crippen molar-refractivity contribution in [2.45, 2.75) is 135 Å². The smallest absolute Gasteiger partial charge is 0.119 e. The van der Waals surface area contributed by atoms with E-state index < -0.39 is 12.2 Å². The zero-order chi connectivity index (χ0) is 28.4. The van der Waals surface area contributed by atoms with Crippen LogP contribution in [0.5, 0.6) is 11.5 Å². The Bertz CT molecular complexity index is 897. The maximum absolute atomic E-state index is 10.6. The van der Waals surface area contributed by atoms with Gasteiger partial charge in [0.25, 0.3) is 0 Å². The third-order valence-electron chi connectivity index (χ3n) is 8.00. The topological polar surface area (TPSA) is 68.2 Å². The van der Waals surface area contributed by atoms with Gasteiger partial charge in [0, 0.05) is 0 Å². The number of hydrogen-bond donors (Lipinski definition) is 2. The number of aliphatic hydroxyl groups is 2. The van der Waals surface area contributed by atoms with Gasteiger partial charge in [-0.2, -0.15) is 0 Å². The highest BCUT2D eigenvalue weighted by Crippen LogP contribution is 2.28. The molecule has 0 aliphatic carbocycles. The first-order valence-corrected chi connectivity index (χ1v) is 16.0. The Morgan fingerprint density at radius 3 is 1.50 bits per heavy atom. The highest BCUT2D eigenvalue weighted by molar-refractivity contribution is 5.28. The third-order valence-corrected chi connectivity index (χ3v) is 8.00. The lowest BCUT2D eigenvalue weighted by atomic mass is 10.0.